The number of carbonyl (C=O) groups is 2. The quantitative estimate of drug-likeness (QED) is 0.554. The van der Waals surface area contributed by atoms with E-state index in [-0.39, 0.29) is 34.6 Å². The Morgan fingerprint density at radius 3 is 2.32 bits per heavy atom. The molecule has 1 aliphatic carbocycles. The minimum absolute atomic E-state index is 0.0296. The summed E-state index contributed by atoms with van der Waals surface area (Å²) in [6, 6.07) is 15.1. The van der Waals surface area contributed by atoms with Crippen molar-refractivity contribution in [2.45, 2.75) is 19.5 Å². The second kappa shape index (κ2) is 8.59. The highest BCUT2D eigenvalue weighted by Gasteiger charge is 2.30. The molecule has 0 unspecified atom stereocenters. The van der Waals surface area contributed by atoms with Crippen molar-refractivity contribution in [2.75, 3.05) is 17.7 Å². The van der Waals surface area contributed by atoms with Crippen LogP contribution in [0.25, 0.3) is 10.8 Å². The van der Waals surface area contributed by atoms with E-state index in [2.05, 4.69) is 15.4 Å². The third-order valence-corrected chi connectivity index (χ3v) is 4.97. The third kappa shape index (κ3) is 4.74. The molecule has 3 aromatic carbocycles. The number of rotatable bonds is 7. The lowest BCUT2D eigenvalue weighted by Gasteiger charge is -2.15. The molecule has 31 heavy (non-hydrogen) atoms. The molecule has 0 aromatic heterocycles. The van der Waals surface area contributed by atoms with Gasteiger partial charge in [-0.1, -0.05) is 24.3 Å². The van der Waals surface area contributed by atoms with Gasteiger partial charge in [0, 0.05) is 17.7 Å². The fraction of sp³-hybridized carbons (Fsp3) is 0.217. The van der Waals surface area contributed by atoms with Crippen molar-refractivity contribution >= 4 is 34.0 Å². The number of ether oxygens (including phenoxy) is 2. The summed E-state index contributed by atoms with van der Waals surface area (Å²) in [6.07, 6.45) is 1.67. The van der Waals surface area contributed by atoms with Crippen molar-refractivity contribution in [1.82, 2.24) is 0 Å². The van der Waals surface area contributed by atoms with Crippen molar-refractivity contribution in [2.24, 2.45) is 5.92 Å². The van der Waals surface area contributed by atoms with E-state index in [0.717, 1.165) is 23.6 Å². The first-order chi connectivity index (χ1) is 14.9. The first-order valence-electron chi connectivity index (χ1n) is 9.72. The van der Waals surface area contributed by atoms with Crippen molar-refractivity contribution in [3.05, 3.63) is 60.2 Å². The van der Waals surface area contributed by atoms with Crippen molar-refractivity contribution in [3.8, 4) is 11.5 Å². The lowest BCUT2D eigenvalue weighted by Crippen LogP contribution is -2.19. The highest BCUT2D eigenvalue weighted by Crippen LogP contribution is 2.34. The molecule has 6 nitrogen and oxygen atoms in total. The molecule has 2 amide bonds. The standard InChI is InChI=1S/C23H20F2N2O4/c1-30-19-9-8-16(12-20(19)31-23(24)25)26-22(29)17-10-14-4-2-3-5-15(14)11-18(17)27-21(28)13-6-7-13/h2-5,8-13,23H,6-7H2,1H3,(H,26,29)(H,27,28). The molecule has 3 aromatic rings. The van der Waals surface area contributed by atoms with E-state index in [4.69, 9.17) is 4.74 Å². The molecular formula is C23H20F2N2O4. The molecule has 0 radical (unpaired) electrons. The molecule has 0 heterocycles. The third-order valence-electron chi connectivity index (χ3n) is 4.97. The molecule has 0 saturated heterocycles. The van der Waals surface area contributed by atoms with E-state index in [1.807, 2.05) is 24.3 Å². The Labute approximate surface area is 177 Å². The Morgan fingerprint density at radius 2 is 1.68 bits per heavy atom. The highest BCUT2D eigenvalue weighted by molar-refractivity contribution is 6.13. The Morgan fingerprint density at radius 1 is 0.968 bits per heavy atom. The van der Waals surface area contributed by atoms with E-state index in [1.165, 1.54) is 25.3 Å². The number of amides is 2. The van der Waals surface area contributed by atoms with Gasteiger partial charge in [0.05, 0.1) is 18.4 Å². The van der Waals surface area contributed by atoms with Crippen LogP contribution in [0, 0.1) is 5.92 Å². The van der Waals surface area contributed by atoms with Gasteiger partial charge in [0.25, 0.3) is 5.91 Å². The molecule has 160 valence electrons. The summed E-state index contributed by atoms with van der Waals surface area (Å²) in [4.78, 5) is 25.4. The summed E-state index contributed by atoms with van der Waals surface area (Å²) in [5.74, 6) is -0.734. The van der Waals surface area contributed by atoms with E-state index in [1.54, 1.807) is 12.1 Å². The van der Waals surface area contributed by atoms with Crippen LogP contribution < -0.4 is 20.1 Å². The molecule has 0 spiro atoms. The van der Waals surface area contributed by atoms with E-state index in [9.17, 15) is 18.4 Å². The molecule has 8 heteroatoms. The smallest absolute Gasteiger partial charge is 0.387 e. The van der Waals surface area contributed by atoms with Crippen molar-refractivity contribution in [3.63, 3.8) is 0 Å². The second-order valence-corrected chi connectivity index (χ2v) is 7.21. The van der Waals surface area contributed by atoms with Gasteiger partial charge >= 0.3 is 6.61 Å². The number of benzene rings is 3. The van der Waals surface area contributed by atoms with Crippen LogP contribution in [0.3, 0.4) is 0 Å². The van der Waals surface area contributed by atoms with Crippen LogP contribution in [-0.2, 0) is 4.79 Å². The minimum atomic E-state index is -3.04. The van der Waals surface area contributed by atoms with Crippen LogP contribution in [0.1, 0.15) is 23.2 Å². The zero-order valence-corrected chi connectivity index (χ0v) is 16.7. The first-order valence-corrected chi connectivity index (χ1v) is 9.72. The fourth-order valence-electron chi connectivity index (χ4n) is 3.25. The number of halogens is 2. The van der Waals surface area contributed by atoms with Crippen molar-refractivity contribution < 1.29 is 27.8 Å². The molecule has 1 fully saturated rings. The predicted molar refractivity (Wildman–Crippen MR) is 113 cm³/mol. The van der Waals surface area contributed by atoms with Gasteiger partial charge in [-0.2, -0.15) is 8.78 Å². The molecule has 0 aliphatic heterocycles. The number of hydrogen-bond acceptors (Lipinski definition) is 4. The largest absolute Gasteiger partial charge is 0.493 e. The maximum Gasteiger partial charge on any atom is 0.387 e. The summed E-state index contributed by atoms with van der Waals surface area (Å²) >= 11 is 0. The number of carbonyl (C=O) groups excluding carboxylic acids is 2. The van der Waals surface area contributed by atoms with Gasteiger partial charge in [0.15, 0.2) is 11.5 Å². The summed E-state index contributed by atoms with van der Waals surface area (Å²) in [6.45, 7) is -3.04. The van der Waals surface area contributed by atoms with Gasteiger partial charge in [0.1, 0.15) is 0 Å². The topological polar surface area (TPSA) is 76.7 Å². The van der Waals surface area contributed by atoms with Crippen molar-refractivity contribution in [1.29, 1.82) is 0 Å². The lowest BCUT2D eigenvalue weighted by atomic mass is 10.0. The van der Waals surface area contributed by atoms with Gasteiger partial charge in [0.2, 0.25) is 5.91 Å². The number of hydrogen-bond donors (Lipinski definition) is 2. The molecule has 0 atom stereocenters. The summed E-state index contributed by atoms with van der Waals surface area (Å²) in [5, 5.41) is 7.22. The van der Waals surface area contributed by atoms with Gasteiger partial charge in [-0.25, -0.2) is 0 Å². The van der Waals surface area contributed by atoms with E-state index in [0.29, 0.717) is 5.69 Å². The predicted octanol–water partition coefficient (Wildman–Crippen LogP) is 5.05. The molecule has 0 bridgehead atoms. The van der Waals surface area contributed by atoms with Crippen LogP contribution >= 0.6 is 0 Å². The summed E-state index contributed by atoms with van der Waals surface area (Å²) < 4.78 is 34.8. The number of anilines is 2. The zero-order valence-electron chi connectivity index (χ0n) is 16.7. The summed E-state index contributed by atoms with van der Waals surface area (Å²) in [7, 11) is 1.33. The Kier molecular flexibility index (Phi) is 5.70. The molecular weight excluding hydrogens is 406 g/mol. The average Bonchev–Trinajstić information content (AvgIpc) is 3.58. The monoisotopic (exact) mass is 426 g/mol. The van der Waals surface area contributed by atoms with Crippen LogP contribution in [0.15, 0.2) is 54.6 Å². The van der Waals surface area contributed by atoms with Crippen LogP contribution in [-0.4, -0.2) is 25.5 Å². The van der Waals surface area contributed by atoms with Gasteiger partial charge in [-0.05, 0) is 47.9 Å². The molecule has 1 saturated carbocycles. The van der Waals surface area contributed by atoms with Gasteiger partial charge in [-0.3, -0.25) is 9.59 Å². The molecule has 4 rings (SSSR count). The number of alkyl halides is 2. The number of nitrogens with one attached hydrogen (secondary N) is 2. The van der Waals surface area contributed by atoms with Gasteiger partial charge < -0.3 is 20.1 Å². The molecule has 1 aliphatic rings. The van der Waals surface area contributed by atoms with Gasteiger partial charge in [-0.15, -0.1) is 0 Å². The van der Waals surface area contributed by atoms with Crippen LogP contribution in [0.5, 0.6) is 11.5 Å². The Hall–Kier alpha value is -3.68. The highest BCUT2D eigenvalue weighted by atomic mass is 19.3. The lowest BCUT2D eigenvalue weighted by molar-refractivity contribution is -0.117. The van der Waals surface area contributed by atoms with Crippen LogP contribution in [0.2, 0.25) is 0 Å². The molecule has 2 N–H and O–H groups in total. The second-order valence-electron chi connectivity index (χ2n) is 7.21. The van der Waals surface area contributed by atoms with E-state index >= 15 is 0 Å². The minimum Gasteiger partial charge on any atom is -0.493 e. The zero-order chi connectivity index (χ0) is 22.0. The average molecular weight is 426 g/mol. The number of methoxy groups -OCH3 is 1. The maximum atomic E-state index is 13.1. The Bertz CT molecular complexity index is 1150. The fourth-order valence-corrected chi connectivity index (χ4v) is 3.25. The Balaban J connectivity index is 1.65. The first kappa shape index (κ1) is 20.6. The summed E-state index contributed by atoms with van der Waals surface area (Å²) in [5.41, 5.74) is 0.902. The SMILES string of the molecule is COc1ccc(NC(=O)c2cc3ccccc3cc2NC(=O)C2CC2)cc1OC(F)F. The maximum absolute atomic E-state index is 13.1. The normalized spacial score (nSPS) is 13.2. The number of fused-ring (bicyclic) bond motifs is 1. The van der Waals surface area contributed by atoms with E-state index < -0.39 is 12.5 Å². The van der Waals surface area contributed by atoms with Crippen LogP contribution in [0.4, 0.5) is 20.2 Å².